The van der Waals surface area contributed by atoms with Crippen LogP contribution in [0.3, 0.4) is 0 Å². The zero-order valence-corrected chi connectivity index (χ0v) is 11.5. The van der Waals surface area contributed by atoms with E-state index in [0.29, 0.717) is 6.42 Å². The van der Waals surface area contributed by atoms with Crippen molar-refractivity contribution in [3.05, 3.63) is 70.8 Å². The first kappa shape index (κ1) is 12.1. The first-order chi connectivity index (χ1) is 9.57. The molecule has 0 heterocycles. The molecule has 0 amide bonds. The third-order valence-electron chi connectivity index (χ3n) is 4.64. The van der Waals surface area contributed by atoms with E-state index in [0.717, 1.165) is 11.1 Å². The van der Waals surface area contributed by atoms with Crippen LogP contribution in [0.15, 0.2) is 48.5 Å². The van der Waals surface area contributed by atoms with E-state index in [9.17, 15) is 13.0 Å². The molecular weight excluding hydrogens is 272 g/mol. The molecule has 102 valence electrons. The molecule has 20 heavy (non-hydrogen) atoms. The molecule has 0 aromatic heterocycles. The Balaban J connectivity index is 2.03. The number of benzene rings is 2. The Morgan fingerprint density at radius 3 is 1.75 bits per heavy atom. The number of rotatable bonds is 1. The highest BCUT2D eigenvalue weighted by molar-refractivity contribution is 7.86. The summed E-state index contributed by atoms with van der Waals surface area (Å²) in [4.78, 5) is 0. The fourth-order valence-electron chi connectivity index (χ4n) is 3.87. The van der Waals surface area contributed by atoms with Crippen molar-refractivity contribution in [2.24, 2.45) is 0 Å². The monoisotopic (exact) mass is 286 g/mol. The van der Waals surface area contributed by atoms with Crippen LogP contribution in [0.25, 0.3) is 0 Å². The van der Waals surface area contributed by atoms with Gasteiger partial charge in [0.05, 0.1) is 5.25 Å². The maximum absolute atomic E-state index is 11.8. The van der Waals surface area contributed by atoms with Crippen molar-refractivity contribution < 1.29 is 13.0 Å². The predicted octanol–water partition coefficient (Wildman–Crippen LogP) is 2.92. The number of hydrogen-bond acceptors (Lipinski definition) is 2. The molecule has 2 aromatic rings. The minimum Gasteiger partial charge on any atom is -0.285 e. The predicted molar refractivity (Wildman–Crippen MR) is 76.5 cm³/mol. The molecule has 0 fully saturated rings. The largest absolute Gasteiger partial charge is 0.285 e. The normalized spacial score (nSPS) is 26.9. The van der Waals surface area contributed by atoms with Gasteiger partial charge in [-0.2, -0.15) is 8.42 Å². The van der Waals surface area contributed by atoms with E-state index < -0.39 is 15.4 Å². The van der Waals surface area contributed by atoms with Gasteiger partial charge in [0.15, 0.2) is 0 Å². The van der Waals surface area contributed by atoms with Crippen LogP contribution < -0.4 is 0 Å². The summed E-state index contributed by atoms with van der Waals surface area (Å²) in [6, 6.07) is 16.0. The van der Waals surface area contributed by atoms with Crippen molar-refractivity contribution in [1.29, 1.82) is 0 Å². The second-order valence-electron chi connectivity index (χ2n) is 5.58. The van der Waals surface area contributed by atoms with Crippen molar-refractivity contribution in [3.8, 4) is 0 Å². The van der Waals surface area contributed by atoms with Gasteiger partial charge >= 0.3 is 0 Å². The lowest BCUT2D eigenvalue weighted by Gasteiger charge is -2.44. The van der Waals surface area contributed by atoms with E-state index in [2.05, 4.69) is 12.1 Å². The standard InChI is InChI=1S/C16H14O3S/c17-20(18,19)15-9-14-10-5-1-3-7-12(10)16(15)13-8-4-2-6-11(13)14/h1-8,14-16H,9H2,(H,17,18,19). The lowest BCUT2D eigenvalue weighted by atomic mass is 9.63. The fourth-order valence-corrected chi connectivity index (χ4v) is 4.95. The van der Waals surface area contributed by atoms with E-state index in [-0.39, 0.29) is 11.8 Å². The molecule has 0 aliphatic heterocycles. The molecule has 1 atom stereocenters. The van der Waals surface area contributed by atoms with Crippen LogP contribution in [0.2, 0.25) is 0 Å². The third-order valence-corrected chi connectivity index (χ3v) is 5.87. The van der Waals surface area contributed by atoms with Crippen LogP contribution in [-0.2, 0) is 10.1 Å². The van der Waals surface area contributed by atoms with Crippen LogP contribution in [-0.4, -0.2) is 18.2 Å². The summed E-state index contributed by atoms with van der Waals surface area (Å²) in [5.74, 6) is -0.179. The highest BCUT2D eigenvalue weighted by Crippen LogP contribution is 2.54. The van der Waals surface area contributed by atoms with Crippen LogP contribution in [0.5, 0.6) is 0 Å². The molecule has 0 saturated carbocycles. The second kappa shape index (κ2) is 3.93. The zero-order valence-electron chi connectivity index (χ0n) is 10.7. The molecule has 1 N–H and O–H groups in total. The van der Waals surface area contributed by atoms with Gasteiger partial charge < -0.3 is 0 Å². The van der Waals surface area contributed by atoms with Crippen LogP contribution in [0.4, 0.5) is 0 Å². The Morgan fingerprint density at radius 1 is 0.850 bits per heavy atom. The van der Waals surface area contributed by atoms with Gasteiger partial charge in [0.1, 0.15) is 0 Å². The average molecular weight is 286 g/mol. The van der Waals surface area contributed by atoms with Gasteiger partial charge in [-0.15, -0.1) is 0 Å². The number of fused-ring (bicyclic) bond motifs is 1. The van der Waals surface area contributed by atoms with Crippen molar-refractivity contribution >= 4 is 10.1 Å². The van der Waals surface area contributed by atoms with E-state index in [1.165, 1.54) is 11.1 Å². The van der Waals surface area contributed by atoms with E-state index in [4.69, 9.17) is 0 Å². The van der Waals surface area contributed by atoms with Crippen molar-refractivity contribution in [2.75, 3.05) is 0 Å². The molecule has 5 rings (SSSR count). The minimum absolute atomic E-state index is 0.0688. The Labute approximate surface area is 118 Å². The van der Waals surface area contributed by atoms with E-state index >= 15 is 0 Å². The molecule has 1 unspecified atom stereocenters. The molecule has 2 aromatic carbocycles. The molecule has 3 nitrogen and oxygen atoms in total. The summed E-state index contributed by atoms with van der Waals surface area (Å²) in [7, 11) is -4.04. The quantitative estimate of drug-likeness (QED) is 0.820. The van der Waals surface area contributed by atoms with E-state index in [1.54, 1.807) is 0 Å². The van der Waals surface area contributed by atoms with Gasteiger partial charge in [0.25, 0.3) is 10.1 Å². The van der Waals surface area contributed by atoms with Gasteiger partial charge in [-0.1, -0.05) is 48.5 Å². The molecule has 3 aliphatic carbocycles. The maximum atomic E-state index is 11.8. The van der Waals surface area contributed by atoms with Gasteiger partial charge in [-0.25, -0.2) is 0 Å². The van der Waals surface area contributed by atoms with Crippen LogP contribution in [0.1, 0.15) is 40.5 Å². The summed E-state index contributed by atoms with van der Waals surface area (Å²) in [6.45, 7) is 0. The first-order valence-electron chi connectivity index (χ1n) is 6.71. The van der Waals surface area contributed by atoms with Crippen molar-refractivity contribution in [2.45, 2.75) is 23.5 Å². The Hall–Kier alpha value is -1.65. The molecule has 0 radical (unpaired) electrons. The van der Waals surface area contributed by atoms with Gasteiger partial charge in [0, 0.05) is 11.8 Å². The van der Waals surface area contributed by atoms with Gasteiger partial charge in [0.2, 0.25) is 0 Å². The summed E-state index contributed by atoms with van der Waals surface area (Å²) in [6.07, 6.45) is 0.470. The highest BCUT2D eigenvalue weighted by Gasteiger charge is 2.47. The molecule has 4 heteroatoms. The zero-order chi connectivity index (χ0) is 13.9. The lowest BCUT2D eigenvalue weighted by Crippen LogP contribution is -2.40. The summed E-state index contributed by atoms with van der Waals surface area (Å²) < 4.78 is 33.1. The third kappa shape index (κ3) is 1.52. The van der Waals surface area contributed by atoms with Crippen molar-refractivity contribution in [1.82, 2.24) is 0 Å². The Bertz CT molecular complexity index is 747. The molecule has 0 saturated heterocycles. The fraction of sp³-hybridized carbons (Fsp3) is 0.250. The lowest BCUT2D eigenvalue weighted by molar-refractivity contribution is 0.427. The summed E-state index contributed by atoms with van der Waals surface area (Å²) >= 11 is 0. The van der Waals surface area contributed by atoms with Crippen LogP contribution >= 0.6 is 0 Å². The van der Waals surface area contributed by atoms with Crippen LogP contribution in [0, 0.1) is 0 Å². The summed E-state index contributed by atoms with van der Waals surface area (Å²) in [5.41, 5.74) is 4.50. The molecular formula is C16H14O3S. The van der Waals surface area contributed by atoms with Gasteiger partial charge in [-0.3, -0.25) is 4.55 Å². The van der Waals surface area contributed by atoms with E-state index in [1.807, 2.05) is 36.4 Å². The number of hydrogen-bond donors (Lipinski definition) is 1. The molecule has 2 bridgehead atoms. The summed E-state index contributed by atoms with van der Waals surface area (Å²) in [5, 5.41) is -0.725. The van der Waals surface area contributed by atoms with Gasteiger partial charge in [-0.05, 0) is 28.7 Å². The Kier molecular flexibility index (Phi) is 2.38. The second-order valence-corrected chi connectivity index (χ2v) is 7.21. The first-order valence-corrected chi connectivity index (χ1v) is 8.21. The smallest absolute Gasteiger partial charge is 0.268 e. The SMILES string of the molecule is O=S(=O)(O)C1CC2c3ccccc3C1c1ccccc12. The highest BCUT2D eigenvalue weighted by atomic mass is 32.2. The topological polar surface area (TPSA) is 54.4 Å². The minimum atomic E-state index is -4.04. The Morgan fingerprint density at radius 2 is 1.30 bits per heavy atom. The molecule has 3 aliphatic rings. The molecule has 0 spiro atoms. The average Bonchev–Trinajstić information content (AvgIpc) is 2.46. The maximum Gasteiger partial charge on any atom is 0.268 e. The van der Waals surface area contributed by atoms with Crippen molar-refractivity contribution in [3.63, 3.8) is 0 Å².